The molecule has 37 heavy (non-hydrogen) atoms. The number of ketones is 1. The minimum absolute atomic E-state index is 0.0347. The van der Waals surface area contributed by atoms with Gasteiger partial charge in [0.15, 0.2) is 0 Å². The van der Waals surface area contributed by atoms with Crippen molar-refractivity contribution in [2.45, 2.75) is 26.0 Å². The van der Waals surface area contributed by atoms with E-state index in [-0.39, 0.29) is 11.3 Å². The predicted octanol–water partition coefficient (Wildman–Crippen LogP) is 5.12. The van der Waals surface area contributed by atoms with Gasteiger partial charge >= 0.3 is 0 Å². The highest BCUT2D eigenvalue weighted by Crippen LogP contribution is 2.42. The van der Waals surface area contributed by atoms with E-state index >= 15 is 0 Å². The number of amides is 1. The topological polar surface area (TPSA) is 85.3 Å². The standard InChI is InChI=1S/C30H31NO6/c1-3-36-25-13-8-7-12-24(25)27-26(29(33)30(34)31(27)18-9-19-35-2)28(32)22-14-16-23(17-15-22)37-20-21-10-5-4-6-11-21/h4-8,10-17,27,32H,3,9,18-20H2,1-2H3/b28-26+. The summed E-state index contributed by atoms with van der Waals surface area (Å²) in [6.45, 7) is 3.44. The molecule has 1 N–H and O–H groups in total. The third-order valence-corrected chi connectivity index (χ3v) is 6.18. The van der Waals surface area contributed by atoms with Crippen LogP contribution in [0.15, 0.2) is 84.4 Å². The van der Waals surface area contributed by atoms with Gasteiger partial charge < -0.3 is 24.2 Å². The first-order valence-electron chi connectivity index (χ1n) is 12.3. The molecule has 1 fully saturated rings. The lowest BCUT2D eigenvalue weighted by Gasteiger charge is -2.26. The van der Waals surface area contributed by atoms with Gasteiger partial charge in [-0.3, -0.25) is 9.59 Å². The number of hydrogen-bond acceptors (Lipinski definition) is 6. The average Bonchev–Trinajstić information content (AvgIpc) is 3.18. The normalized spacial score (nSPS) is 16.7. The van der Waals surface area contributed by atoms with Crippen LogP contribution in [0.2, 0.25) is 0 Å². The van der Waals surface area contributed by atoms with Crippen molar-refractivity contribution in [2.24, 2.45) is 0 Å². The second-order valence-corrected chi connectivity index (χ2v) is 8.61. The number of carbonyl (C=O) groups is 2. The summed E-state index contributed by atoms with van der Waals surface area (Å²) in [5.74, 6) is -0.436. The Hall–Kier alpha value is -4.10. The van der Waals surface area contributed by atoms with Gasteiger partial charge in [0.2, 0.25) is 0 Å². The number of para-hydroxylation sites is 1. The summed E-state index contributed by atoms with van der Waals surface area (Å²) in [5.41, 5.74) is 2.13. The van der Waals surface area contributed by atoms with Crippen molar-refractivity contribution in [3.63, 3.8) is 0 Å². The Kier molecular flexibility index (Phi) is 8.59. The van der Waals surface area contributed by atoms with E-state index in [4.69, 9.17) is 14.2 Å². The van der Waals surface area contributed by atoms with Gasteiger partial charge in [0.05, 0.1) is 18.2 Å². The number of benzene rings is 3. The van der Waals surface area contributed by atoms with E-state index in [1.54, 1.807) is 37.4 Å². The second kappa shape index (κ2) is 12.2. The summed E-state index contributed by atoms with van der Waals surface area (Å²) in [5, 5.41) is 11.3. The summed E-state index contributed by atoms with van der Waals surface area (Å²) < 4.78 is 16.8. The van der Waals surface area contributed by atoms with Crippen molar-refractivity contribution >= 4 is 17.4 Å². The summed E-state index contributed by atoms with van der Waals surface area (Å²) in [6.07, 6.45) is 0.546. The number of aliphatic hydroxyl groups excluding tert-OH is 1. The largest absolute Gasteiger partial charge is 0.507 e. The minimum atomic E-state index is -0.784. The Bertz CT molecular complexity index is 1250. The summed E-state index contributed by atoms with van der Waals surface area (Å²) in [6, 6.07) is 23.1. The Balaban J connectivity index is 1.68. The molecule has 1 atom stereocenters. The molecule has 1 heterocycles. The van der Waals surface area contributed by atoms with E-state index in [0.29, 0.717) is 55.4 Å². The molecule has 0 spiro atoms. The van der Waals surface area contributed by atoms with E-state index in [2.05, 4.69) is 0 Å². The van der Waals surface area contributed by atoms with Crippen LogP contribution in [0, 0.1) is 0 Å². The molecule has 0 bridgehead atoms. The first kappa shape index (κ1) is 26.0. The maximum Gasteiger partial charge on any atom is 0.295 e. The molecule has 1 unspecified atom stereocenters. The van der Waals surface area contributed by atoms with Crippen LogP contribution in [0.4, 0.5) is 0 Å². The van der Waals surface area contributed by atoms with Gasteiger partial charge in [-0.2, -0.15) is 0 Å². The smallest absolute Gasteiger partial charge is 0.295 e. The molecule has 1 amide bonds. The highest BCUT2D eigenvalue weighted by atomic mass is 16.5. The Labute approximate surface area is 216 Å². The third-order valence-electron chi connectivity index (χ3n) is 6.18. The summed E-state index contributed by atoms with van der Waals surface area (Å²) in [7, 11) is 1.59. The van der Waals surface area contributed by atoms with Crippen LogP contribution < -0.4 is 9.47 Å². The predicted molar refractivity (Wildman–Crippen MR) is 140 cm³/mol. The number of aliphatic hydroxyl groups is 1. The zero-order chi connectivity index (χ0) is 26.2. The quantitative estimate of drug-likeness (QED) is 0.170. The molecule has 3 aromatic rings. The first-order valence-corrected chi connectivity index (χ1v) is 12.3. The van der Waals surface area contributed by atoms with Crippen LogP contribution in [-0.4, -0.2) is 48.6 Å². The molecule has 0 saturated carbocycles. The lowest BCUT2D eigenvalue weighted by Crippen LogP contribution is -2.31. The van der Waals surface area contributed by atoms with Gasteiger partial charge in [0.1, 0.15) is 23.9 Å². The molecule has 0 aromatic heterocycles. The fraction of sp³-hybridized carbons (Fsp3) is 0.267. The molecular formula is C30H31NO6. The van der Waals surface area contributed by atoms with E-state index < -0.39 is 17.7 Å². The van der Waals surface area contributed by atoms with Crippen LogP contribution in [-0.2, 0) is 20.9 Å². The van der Waals surface area contributed by atoms with Crippen LogP contribution in [0.3, 0.4) is 0 Å². The fourth-order valence-electron chi connectivity index (χ4n) is 4.41. The van der Waals surface area contributed by atoms with Crippen molar-refractivity contribution in [3.8, 4) is 11.5 Å². The second-order valence-electron chi connectivity index (χ2n) is 8.61. The zero-order valence-electron chi connectivity index (χ0n) is 21.1. The number of hydrogen-bond donors (Lipinski definition) is 1. The molecule has 7 nitrogen and oxygen atoms in total. The number of methoxy groups -OCH3 is 1. The number of carbonyl (C=O) groups excluding carboxylic acids is 2. The highest BCUT2D eigenvalue weighted by Gasteiger charge is 2.46. The van der Waals surface area contributed by atoms with Gasteiger partial charge in [-0.15, -0.1) is 0 Å². The van der Waals surface area contributed by atoms with Gasteiger partial charge in [-0.1, -0.05) is 48.5 Å². The van der Waals surface area contributed by atoms with Gasteiger partial charge in [-0.25, -0.2) is 0 Å². The first-order chi connectivity index (χ1) is 18.0. The summed E-state index contributed by atoms with van der Waals surface area (Å²) >= 11 is 0. The zero-order valence-corrected chi connectivity index (χ0v) is 21.1. The number of rotatable bonds is 11. The molecule has 1 aliphatic rings. The molecule has 1 aliphatic heterocycles. The number of Topliss-reactive ketones (excluding diaryl/α,β-unsaturated/α-hetero) is 1. The van der Waals surface area contributed by atoms with Crippen LogP contribution in [0.25, 0.3) is 5.76 Å². The maximum absolute atomic E-state index is 13.2. The van der Waals surface area contributed by atoms with E-state index in [1.165, 1.54) is 4.90 Å². The molecular weight excluding hydrogens is 470 g/mol. The molecule has 1 saturated heterocycles. The monoisotopic (exact) mass is 501 g/mol. The van der Waals surface area contributed by atoms with E-state index in [0.717, 1.165) is 5.56 Å². The maximum atomic E-state index is 13.2. The van der Waals surface area contributed by atoms with Crippen molar-refractivity contribution in [1.82, 2.24) is 4.90 Å². The van der Waals surface area contributed by atoms with Gasteiger partial charge in [0.25, 0.3) is 11.7 Å². The van der Waals surface area contributed by atoms with Crippen molar-refractivity contribution in [1.29, 1.82) is 0 Å². The number of likely N-dealkylation sites (tertiary alicyclic amines) is 1. The molecule has 0 aliphatic carbocycles. The van der Waals surface area contributed by atoms with Crippen LogP contribution >= 0.6 is 0 Å². The SMILES string of the molecule is CCOc1ccccc1C1/C(=C(\O)c2ccc(OCc3ccccc3)cc2)C(=O)C(=O)N1CCCOC. The lowest BCUT2D eigenvalue weighted by molar-refractivity contribution is -0.140. The molecule has 7 heteroatoms. The Morgan fingerprint density at radius 1 is 0.919 bits per heavy atom. The third kappa shape index (κ3) is 5.84. The number of nitrogens with zero attached hydrogens (tertiary/aromatic N) is 1. The number of ether oxygens (including phenoxy) is 3. The minimum Gasteiger partial charge on any atom is -0.507 e. The molecule has 3 aromatic carbocycles. The fourth-order valence-corrected chi connectivity index (χ4v) is 4.41. The van der Waals surface area contributed by atoms with Crippen molar-refractivity contribution in [3.05, 3.63) is 101 Å². The summed E-state index contributed by atoms with van der Waals surface area (Å²) in [4.78, 5) is 27.8. The van der Waals surface area contributed by atoms with Crippen LogP contribution in [0.1, 0.15) is 36.1 Å². The van der Waals surface area contributed by atoms with Gasteiger partial charge in [0, 0.05) is 31.4 Å². The molecule has 0 radical (unpaired) electrons. The van der Waals surface area contributed by atoms with Crippen molar-refractivity contribution < 1.29 is 28.9 Å². The average molecular weight is 502 g/mol. The van der Waals surface area contributed by atoms with E-state index in [1.807, 2.05) is 55.5 Å². The van der Waals surface area contributed by atoms with E-state index in [9.17, 15) is 14.7 Å². The molecule has 192 valence electrons. The van der Waals surface area contributed by atoms with Crippen molar-refractivity contribution in [2.75, 3.05) is 26.9 Å². The van der Waals surface area contributed by atoms with Crippen LogP contribution in [0.5, 0.6) is 11.5 Å². The van der Waals surface area contributed by atoms with Gasteiger partial charge in [-0.05, 0) is 49.2 Å². The molecule has 4 rings (SSSR count). The highest BCUT2D eigenvalue weighted by molar-refractivity contribution is 6.46. The Morgan fingerprint density at radius 3 is 2.32 bits per heavy atom. The lowest BCUT2D eigenvalue weighted by atomic mass is 9.94. The Morgan fingerprint density at radius 2 is 1.62 bits per heavy atom.